The van der Waals surface area contributed by atoms with E-state index in [2.05, 4.69) is 4.99 Å². The van der Waals surface area contributed by atoms with E-state index in [1.807, 2.05) is 0 Å². The number of carbonyl (C=O) groups is 3. The van der Waals surface area contributed by atoms with Crippen LogP contribution in [-0.2, 0) is 19.1 Å². The predicted octanol–water partition coefficient (Wildman–Crippen LogP) is -1.07. The van der Waals surface area contributed by atoms with Crippen molar-refractivity contribution in [2.75, 3.05) is 6.54 Å². The first-order chi connectivity index (χ1) is 8.84. The van der Waals surface area contributed by atoms with Crippen molar-refractivity contribution in [3.8, 4) is 0 Å². The van der Waals surface area contributed by atoms with Crippen LogP contribution in [0.4, 0.5) is 0 Å². The summed E-state index contributed by atoms with van der Waals surface area (Å²) in [5.74, 6) is -1.80. The first-order valence-corrected chi connectivity index (χ1v) is 5.91. The van der Waals surface area contributed by atoms with Gasteiger partial charge in [-0.2, -0.15) is 0 Å². The number of ether oxygens (including phenoxy) is 1. The Bertz CT molecular complexity index is 417. The molecule has 2 unspecified atom stereocenters. The molecule has 2 atom stereocenters. The van der Waals surface area contributed by atoms with E-state index < -0.39 is 24.0 Å². The average molecular weight is 270 g/mol. The van der Waals surface area contributed by atoms with E-state index >= 15 is 0 Å². The quantitative estimate of drug-likeness (QED) is 0.215. The molecule has 8 heteroatoms. The summed E-state index contributed by atoms with van der Waals surface area (Å²) in [6.45, 7) is 2.88. The maximum absolute atomic E-state index is 11.8. The Morgan fingerprint density at radius 2 is 2.00 bits per heavy atom. The van der Waals surface area contributed by atoms with Crippen LogP contribution in [-0.4, -0.2) is 41.4 Å². The van der Waals surface area contributed by atoms with Crippen LogP contribution >= 0.6 is 0 Å². The number of carbonyl (C=O) groups excluding carboxylic acids is 3. The van der Waals surface area contributed by atoms with Crippen molar-refractivity contribution in [1.82, 2.24) is 4.90 Å². The molecule has 0 radical (unpaired) electrons. The zero-order valence-electron chi connectivity index (χ0n) is 11.0. The molecule has 1 saturated heterocycles. The number of hydrogen-bond donors (Lipinski definition) is 2. The monoisotopic (exact) mass is 270 g/mol. The average Bonchev–Trinajstić information content (AvgIpc) is 2.26. The number of rotatable bonds is 5. The Kier molecular flexibility index (Phi) is 4.85. The molecule has 19 heavy (non-hydrogen) atoms. The second-order valence-electron chi connectivity index (χ2n) is 4.28. The van der Waals surface area contributed by atoms with Gasteiger partial charge in [0, 0.05) is 20.4 Å². The molecule has 106 valence electrons. The Morgan fingerprint density at radius 3 is 2.47 bits per heavy atom. The van der Waals surface area contributed by atoms with Crippen molar-refractivity contribution in [2.24, 2.45) is 22.4 Å². The molecule has 0 bridgehead atoms. The number of nitrogens with zero attached hydrogens (tertiary/aromatic N) is 2. The largest absolute Gasteiger partial charge is 0.440 e. The third-order valence-electron chi connectivity index (χ3n) is 2.75. The molecule has 0 aromatic carbocycles. The molecule has 1 fully saturated rings. The van der Waals surface area contributed by atoms with Gasteiger partial charge in [0.25, 0.3) is 0 Å². The lowest BCUT2D eigenvalue weighted by Crippen LogP contribution is -2.64. The fourth-order valence-electron chi connectivity index (χ4n) is 1.95. The van der Waals surface area contributed by atoms with Crippen LogP contribution in [0.5, 0.6) is 0 Å². The van der Waals surface area contributed by atoms with Crippen molar-refractivity contribution in [2.45, 2.75) is 32.9 Å². The number of imide groups is 1. The third kappa shape index (κ3) is 3.67. The molecule has 1 aliphatic rings. The number of hydrogen-bond acceptors (Lipinski definition) is 5. The van der Waals surface area contributed by atoms with E-state index in [4.69, 9.17) is 16.2 Å². The Hall–Kier alpha value is -2.12. The highest BCUT2D eigenvalue weighted by molar-refractivity contribution is 6.01. The minimum absolute atomic E-state index is 0.0122. The van der Waals surface area contributed by atoms with Crippen LogP contribution < -0.4 is 11.5 Å². The van der Waals surface area contributed by atoms with E-state index in [-0.39, 0.29) is 11.9 Å². The normalized spacial score (nSPS) is 21.6. The number of β-lactam (4-membered cyclic amide) rings is 1. The zero-order chi connectivity index (χ0) is 14.6. The number of likely N-dealkylation sites (tertiary alicyclic amines) is 1. The molecule has 2 amide bonds. The van der Waals surface area contributed by atoms with Gasteiger partial charge in [0.05, 0.1) is 5.92 Å². The van der Waals surface area contributed by atoms with Crippen molar-refractivity contribution < 1.29 is 19.1 Å². The van der Waals surface area contributed by atoms with E-state index in [9.17, 15) is 14.4 Å². The van der Waals surface area contributed by atoms with Gasteiger partial charge in [-0.15, -0.1) is 0 Å². The fraction of sp³-hybridized carbons (Fsp3) is 0.636. The fourth-order valence-corrected chi connectivity index (χ4v) is 1.95. The van der Waals surface area contributed by atoms with Crippen LogP contribution in [0.25, 0.3) is 0 Å². The highest BCUT2D eigenvalue weighted by Crippen LogP contribution is 2.31. The van der Waals surface area contributed by atoms with E-state index in [0.29, 0.717) is 19.4 Å². The first-order valence-electron chi connectivity index (χ1n) is 5.91. The minimum Gasteiger partial charge on any atom is -0.440 e. The zero-order valence-corrected chi connectivity index (χ0v) is 11.0. The van der Waals surface area contributed by atoms with Crippen LogP contribution in [0.2, 0.25) is 0 Å². The number of nitrogens with two attached hydrogens (primary N) is 2. The number of amides is 2. The van der Waals surface area contributed by atoms with E-state index in [0.717, 1.165) is 4.90 Å². The Morgan fingerprint density at radius 1 is 1.37 bits per heavy atom. The standard InChI is InChI=1S/C11H18N4O4/c1-6(16)15-9(18)8(10(15)19-7(2)17)4-3-5-14-11(12)13/h8,10H,3-5H2,1-2H3,(H4,12,13,14). The molecule has 0 aromatic rings. The summed E-state index contributed by atoms with van der Waals surface area (Å²) in [7, 11) is 0. The summed E-state index contributed by atoms with van der Waals surface area (Å²) < 4.78 is 4.98. The highest BCUT2D eigenvalue weighted by atomic mass is 16.6. The molecular weight excluding hydrogens is 252 g/mol. The van der Waals surface area contributed by atoms with Crippen molar-refractivity contribution >= 4 is 23.7 Å². The lowest BCUT2D eigenvalue weighted by molar-refractivity contribution is -0.199. The predicted molar refractivity (Wildman–Crippen MR) is 66.5 cm³/mol. The third-order valence-corrected chi connectivity index (χ3v) is 2.75. The van der Waals surface area contributed by atoms with Gasteiger partial charge in [0.2, 0.25) is 11.8 Å². The van der Waals surface area contributed by atoms with E-state index in [1.165, 1.54) is 13.8 Å². The second kappa shape index (κ2) is 6.17. The molecular formula is C11H18N4O4. The van der Waals surface area contributed by atoms with Gasteiger partial charge < -0.3 is 16.2 Å². The van der Waals surface area contributed by atoms with Crippen LogP contribution in [0.1, 0.15) is 26.7 Å². The van der Waals surface area contributed by atoms with Gasteiger partial charge in [-0.25, -0.2) is 4.90 Å². The van der Waals surface area contributed by atoms with Gasteiger partial charge >= 0.3 is 5.97 Å². The Balaban J connectivity index is 2.56. The van der Waals surface area contributed by atoms with Gasteiger partial charge in [-0.05, 0) is 12.8 Å². The SMILES string of the molecule is CC(=O)OC1C(CCCN=C(N)N)C(=O)N1C(C)=O. The maximum Gasteiger partial charge on any atom is 0.304 e. The van der Waals surface area contributed by atoms with Crippen molar-refractivity contribution in [3.05, 3.63) is 0 Å². The number of aliphatic imine (C=N–C) groups is 1. The lowest BCUT2D eigenvalue weighted by atomic mass is 9.90. The van der Waals surface area contributed by atoms with Gasteiger partial charge in [0.1, 0.15) is 0 Å². The molecule has 1 rings (SSSR count). The molecule has 0 spiro atoms. The number of esters is 1. The number of guanidine groups is 1. The summed E-state index contributed by atoms with van der Waals surface area (Å²) >= 11 is 0. The smallest absolute Gasteiger partial charge is 0.304 e. The van der Waals surface area contributed by atoms with Crippen LogP contribution in [0.15, 0.2) is 4.99 Å². The van der Waals surface area contributed by atoms with Gasteiger partial charge in [0.15, 0.2) is 12.2 Å². The molecule has 1 aliphatic heterocycles. The molecule has 0 saturated carbocycles. The summed E-state index contributed by atoms with van der Waals surface area (Å²) in [6, 6.07) is 0. The van der Waals surface area contributed by atoms with Gasteiger partial charge in [-0.1, -0.05) is 0 Å². The second-order valence-corrected chi connectivity index (χ2v) is 4.28. The summed E-state index contributed by atoms with van der Waals surface area (Å²) in [5, 5.41) is 0. The van der Waals surface area contributed by atoms with Crippen molar-refractivity contribution in [3.63, 3.8) is 0 Å². The Labute approximate surface area is 110 Å². The molecule has 0 aliphatic carbocycles. The maximum atomic E-state index is 11.8. The first kappa shape index (κ1) is 14.9. The van der Waals surface area contributed by atoms with Gasteiger partial charge in [-0.3, -0.25) is 19.4 Å². The molecule has 1 heterocycles. The van der Waals surface area contributed by atoms with Crippen molar-refractivity contribution in [1.29, 1.82) is 0 Å². The minimum atomic E-state index is -0.804. The summed E-state index contributed by atoms with van der Waals surface area (Å²) in [5.41, 5.74) is 10.4. The molecule has 4 N–H and O–H groups in total. The summed E-state index contributed by atoms with van der Waals surface area (Å²) in [6.07, 6.45) is 0.219. The van der Waals surface area contributed by atoms with E-state index in [1.54, 1.807) is 0 Å². The van der Waals surface area contributed by atoms with Crippen LogP contribution in [0, 0.1) is 5.92 Å². The highest BCUT2D eigenvalue weighted by Gasteiger charge is 2.51. The topological polar surface area (TPSA) is 128 Å². The molecule has 0 aromatic heterocycles. The van der Waals surface area contributed by atoms with Crippen LogP contribution in [0.3, 0.4) is 0 Å². The lowest BCUT2D eigenvalue weighted by Gasteiger charge is -2.43. The molecule has 8 nitrogen and oxygen atoms in total. The summed E-state index contributed by atoms with van der Waals surface area (Å²) in [4.78, 5) is 38.7.